The van der Waals surface area contributed by atoms with Crippen molar-refractivity contribution in [1.82, 2.24) is 0 Å². The van der Waals surface area contributed by atoms with Crippen LogP contribution in [0.15, 0.2) is 0 Å². The van der Waals surface area contributed by atoms with Crippen LogP contribution in [0.2, 0.25) is 0 Å². The largest absolute Gasteiger partial charge is 0 e. The van der Waals surface area contributed by atoms with Crippen LogP contribution in [0.1, 0.15) is 0 Å². The van der Waals surface area contributed by atoms with Gasteiger partial charge in [0.15, 0.2) is 0 Å². The summed E-state index contributed by atoms with van der Waals surface area (Å²) in [7, 11) is 0. The Kier molecular flexibility index (Phi) is 166. The molecule has 0 heterocycles. The van der Waals surface area contributed by atoms with E-state index in [1.165, 1.54) is 0 Å². The maximum atomic E-state index is 0. The van der Waals surface area contributed by atoms with E-state index >= 15 is 0 Å². The van der Waals surface area contributed by atoms with Crippen molar-refractivity contribution in [3.8, 4) is 0 Å². The molecule has 0 amide bonds. The van der Waals surface area contributed by atoms with Crippen molar-refractivity contribution in [2.24, 2.45) is 0 Å². The van der Waals surface area contributed by atoms with E-state index < -0.39 is 0 Å². The van der Waals surface area contributed by atoms with E-state index in [1.807, 2.05) is 0 Å². The molecule has 0 spiro atoms. The average molecular weight is 231 g/mol. The maximum Gasteiger partial charge on any atom is 0 e. The summed E-state index contributed by atoms with van der Waals surface area (Å²) < 4.78 is 0. The van der Waals surface area contributed by atoms with Crippen LogP contribution in [0.25, 0.3) is 0 Å². The second kappa shape index (κ2) is 19.0. The normalized spacial score (nSPS) is 0. The Hall–Kier alpha value is 2.18. The fourth-order valence-corrected chi connectivity index (χ4v) is 0. The summed E-state index contributed by atoms with van der Waals surface area (Å²) in [4.78, 5) is 0. The van der Waals surface area contributed by atoms with Gasteiger partial charge in [0, 0.05) is 70.7 Å². The minimum Gasteiger partial charge on any atom is 0 e. The molecule has 4 heavy (non-hydrogen) atoms. The third-order valence-corrected chi connectivity index (χ3v) is 0. The minimum atomic E-state index is 0. The fourth-order valence-electron chi connectivity index (χ4n) is 0. The van der Waals surface area contributed by atoms with Gasteiger partial charge >= 0.3 is 0 Å². The fraction of sp³-hybridized carbons (Fsp3) is 0. The Balaban J connectivity index is 0. The summed E-state index contributed by atoms with van der Waals surface area (Å²) in [6, 6.07) is 0. The quantitative estimate of drug-likeness (QED) is 0.514. The summed E-state index contributed by atoms with van der Waals surface area (Å²) in [5, 5.41) is 0. The Morgan fingerprint density at radius 2 is 0.750 bits per heavy atom. The second-order valence-corrected chi connectivity index (χ2v) is 0. The van der Waals surface area contributed by atoms with Crippen LogP contribution in [0.5, 0.6) is 0 Å². The molecule has 0 saturated carbocycles. The Morgan fingerprint density at radius 3 is 0.750 bits per heavy atom. The van der Waals surface area contributed by atoms with Crippen LogP contribution >= 0.6 is 0 Å². The molecule has 0 rings (SSSR count). The molecule has 0 bridgehead atoms. The smallest absolute Gasteiger partial charge is 0 e. The zero-order valence-corrected chi connectivity index (χ0v) is 8.25. The SMILES string of the molecule is [Fe].[Mn].[Mn].[Zn]. The zero-order chi connectivity index (χ0) is 0. The molecule has 0 fully saturated rings. The van der Waals surface area contributed by atoms with Gasteiger partial charge in [0.05, 0.1) is 0 Å². The van der Waals surface area contributed by atoms with Gasteiger partial charge < -0.3 is 0 Å². The predicted octanol–water partition coefficient (Wildman–Crippen LogP) is -0.0100. The Labute approximate surface area is 70.0 Å². The third-order valence-electron chi connectivity index (χ3n) is 0. The van der Waals surface area contributed by atoms with E-state index in [1.54, 1.807) is 0 Å². The van der Waals surface area contributed by atoms with E-state index in [0.29, 0.717) is 0 Å². The number of hydrogen-bond donors (Lipinski definition) is 0. The maximum absolute atomic E-state index is 0. The van der Waals surface area contributed by atoms with Crippen molar-refractivity contribution >= 4 is 0 Å². The van der Waals surface area contributed by atoms with Crippen LogP contribution < -0.4 is 0 Å². The van der Waals surface area contributed by atoms with Gasteiger partial charge in [-0.1, -0.05) is 0 Å². The van der Waals surface area contributed by atoms with Crippen LogP contribution in [0.3, 0.4) is 0 Å². The molecule has 0 aliphatic carbocycles. The van der Waals surface area contributed by atoms with Gasteiger partial charge in [-0.2, -0.15) is 0 Å². The molecule has 0 nitrogen and oxygen atoms in total. The van der Waals surface area contributed by atoms with Gasteiger partial charge in [-0.15, -0.1) is 0 Å². The monoisotopic (exact) mass is 230 g/mol. The van der Waals surface area contributed by atoms with Gasteiger partial charge in [-0.25, -0.2) is 0 Å². The first-order chi connectivity index (χ1) is 0. The molecule has 0 aliphatic heterocycles. The predicted molar refractivity (Wildman–Crippen MR) is 0 cm³/mol. The Morgan fingerprint density at radius 1 is 0.750 bits per heavy atom. The molecule has 0 aromatic carbocycles. The third kappa shape index (κ3) is 8.89. The van der Waals surface area contributed by atoms with Crippen molar-refractivity contribution in [2.45, 2.75) is 0 Å². The van der Waals surface area contributed by atoms with Gasteiger partial charge in [-0.3, -0.25) is 0 Å². The Bertz CT molecular complexity index is 6.00. The van der Waals surface area contributed by atoms with Crippen molar-refractivity contribution in [1.29, 1.82) is 0 Å². The van der Waals surface area contributed by atoms with Gasteiger partial charge in [0.1, 0.15) is 0 Å². The summed E-state index contributed by atoms with van der Waals surface area (Å²) in [6.07, 6.45) is 0. The van der Waals surface area contributed by atoms with Crippen LogP contribution in [0.4, 0.5) is 0 Å². The molecule has 0 saturated heterocycles. The van der Waals surface area contributed by atoms with Gasteiger partial charge in [0.2, 0.25) is 0 Å². The minimum absolute atomic E-state index is 0. The molecule has 4 heteroatoms. The molecule has 0 atom stereocenters. The topological polar surface area (TPSA) is 0 Å². The molecule has 2 radical (unpaired) electrons. The van der Waals surface area contributed by atoms with Crippen molar-refractivity contribution in [2.75, 3.05) is 0 Å². The second-order valence-electron chi connectivity index (χ2n) is 0. The average Bonchev–Trinajstić information content (AvgIpc) is 0. The molecule has 0 aromatic heterocycles. The van der Waals surface area contributed by atoms with E-state index in [9.17, 15) is 0 Å². The molecule has 0 aliphatic rings. The van der Waals surface area contributed by atoms with Gasteiger partial charge in [-0.05, 0) is 0 Å². The summed E-state index contributed by atoms with van der Waals surface area (Å²) >= 11 is 0. The summed E-state index contributed by atoms with van der Waals surface area (Å²) in [6.45, 7) is 0. The van der Waals surface area contributed by atoms with Crippen molar-refractivity contribution in [3.63, 3.8) is 0 Å². The van der Waals surface area contributed by atoms with E-state index in [-0.39, 0.29) is 70.7 Å². The first kappa shape index (κ1) is 34.9. The van der Waals surface area contributed by atoms with E-state index in [4.69, 9.17) is 0 Å². The first-order valence-corrected chi connectivity index (χ1v) is 0. The van der Waals surface area contributed by atoms with Gasteiger partial charge in [0.25, 0.3) is 0 Å². The number of hydrogen-bond acceptors (Lipinski definition) is 0. The summed E-state index contributed by atoms with van der Waals surface area (Å²) in [5.74, 6) is 0. The standard InChI is InChI=1S/Fe.2Mn.Zn. The van der Waals surface area contributed by atoms with E-state index in [2.05, 4.69) is 0 Å². The van der Waals surface area contributed by atoms with Crippen LogP contribution in [-0.2, 0) is 70.7 Å². The van der Waals surface area contributed by atoms with Crippen LogP contribution in [0, 0.1) is 0 Å². The molecule has 24 valence electrons. The molecular weight excluding hydrogens is 231 g/mol. The first-order valence-electron chi connectivity index (χ1n) is 0. The number of rotatable bonds is 0. The van der Waals surface area contributed by atoms with E-state index in [0.717, 1.165) is 0 Å². The molecule has 0 aromatic rings. The molecular formula is FeMn2Zn. The molecule has 0 N–H and O–H groups in total. The molecule has 0 unspecified atom stereocenters. The van der Waals surface area contributed by atoms with Crippen molar-refractivity contribution in [3.05, 3.63) is 0 Å². The summed E-state index contributed by atoms with van der Waals surface area (Å²) in [5.41, 5.74) is 0. The zero-order valence-electron chi connectivity index (χ0n) is 1.82. The van der Waals surface area contributed by atoms with Crippen molar-refractivity contribution < 1.29 is 70.7 Å². The van der Waals surface area contributed by atoms with Crippen LogP contribution in [-0.4, -0.2) is 0 Å².